The summed E-state index contributed by atoms with van der Waals surface area (Å²) in [5.41, 5.74) is -4.49. The lowest BCUT2D eigenvalue weighted by Crippen LogP contribution is -2.51. The van der Waals surface area contributed by atoms with Gasteiger partial charge in [-0.15, -0.1) is 0 Å². The average molecular weight is 338 g/mol. The van der Waals surface area contributed by atoms with Crippen LogP contribution >= 0.6 is 0 Å². The number of carbonyl (C=O) groups is 1. The Bertz CT molecular complexity index is 396. The largest absolute Gasteiger partial charge is 0.511 e. The molecule has 2 nitrogen and oxygen atoms in total. The Morgan fingerprint density at radius 1 is 1.14 bits per heavy atom. The SMILES string of the molecule is CCC(/C(O)=C/C(=O)C(C)CCCF)(C(F)(F)F)C(F)(F)F. The Kier molecular flexibility index (Phi) is 6.90. The molecule has 0 aromatic rings. The monoisotopic (exact) mass is 338 g/mol. The summed E-state index contributed by atoms with van der Waals surface area (Å²) in [6.07, 6.45) is -13.3. The molecule has 0 aliphatic carbocycles. The van der Waals surface area contributed by atoms with Gasteiger partial charge >= 0.3 is 12.4 Å². The zero-order valence-electron chi connectivity index (χ0n) is 12.0. The van der Waals surface area contributed by atoms with Crippen LogP contribution in [-0.2, 0) is 4.79 Å². The van der Waals surface area contributed by atoms with E-state index in [9.17, 15) is 40.6 Å². The van der Waals surface area contributed by atoms with Crippen molar-refractivity contribution in [3.05, 3.63) is 11.8 Å². The van der Waals surface area contributed by atoms with Gasteiger partial charge in [-0.2, -0.15) is 26.3 Å². The molecule has 0 radical (unpaired) electrons. The molecular formula is C13H17F7O2. The Morgan fingerprint density at radius 2 is 1.59 bits per heavy atom. The predicted molar refractivity (Wildman–Crippen MR) is 64.9 cm³/mol. The van der Waals surface area contributed by atoms with E-state index in [1.165, 1.54) is 6.92 Å². The molecule has 1 atom stereocenters. The third kappa shape index (κ3) is 4.13. The molecule has 0 aliphatic rings. The second-order valence-corrected chi connectivity index (χ2v) is 4.92. The molecule has 0 heterocycles. The first-order valence-corrected chi connectivity index (χ1v) is 6.49. The summed E-state index contributed by atoms with van der Waals surface area (Å²) in [4.78, 5) is 11.6. The van der Waals surface area contributed by atoms with E-state index in [1.54, 1.807) is 0 Å². The van der Waals surface area contributed by atoms with Crippen LogP contribution in [0.25, 0.3) is 0 Å². The number of halogens is 7. The van der Waals surface area contributed by atoms with E-state index >= 15 is 0 Å². The lowest BCUT2D eigenvalue weighted by atomic mass is 9.80. The minimum atomic E-state index is -5.82. The number of hydrogen-bond acceptors (Lipinski definition) is 2. The first-order chi connectivity index (χ1) is 9.85. The van der Waals surface area contributed by atoms with E-state index in [1.807, 2.05) is 0 Å². The first kappa shape index (κ1) is 20.7. The highest BCUT2D eigenvalue weighted by molar-refractivity contribution is 5.92. The maximum Gasteiger partial charge on any atom is 0.410 e. The third-order valence-corrected chi connectivity index (χ3v) is 3.47. The molecule has 0 aromatic carbocycles. The Hall–Kier alpha value is -1.28. The van der Waals surface area contributed by atoms with Gasteiger partial charge in [0.2, 0.25) is 5.41 Å². The van der Waals surface area contributed by atoms with Crippen molar-refractivity contribution in [1.29, 1.82) is 0 Å². The standard InChI is InChI=1S/C13H17F7O2/c1-3-11(12(15,16)17,13(18,19)20)10(22)7-9(21)8(2)5-4-6-14/h7-8,22H,3-6H2,1-2H3/b10-7-. The van der Waals surface area contributed by atoms with Crippen molar-refractivity contribution in [1.82, 2.24) is 0 Å². The van der Waals surface area contributed by atoms with Gasteiger partial charge in [-0.3, -0.25) is 9.18 Å². The maximum absolute atomic E-state index is 12.9. The van der Waals surface area contributed by atoms with Crippen molar-refractivity contribution in [3.8, 4) is 0 Å². The molecule has 0 bridgehead atoms. The molecular weight excluding hydrogens is 321 g/mol. The Labute approximate surface area is 123 Å². The summed E-state index contributed by atoms with van der Waals surface area (Å²) >= 11 is 0. The van der Waals surface area contributed by atoms with Crippen LogP contribution in [0.4, 0.5) is 30.7 Å². The van der Waals surface area contributed by atoms with Crippen molar-refractivity contribution in [2.24, 2.45) is 11.3 Å². The molecule has 22 heavy (non-hydrogen) atoms. The maximum atomic E-state index is 12.9. The number of ketones is 1. The topological polar surface area (TPSA) is 37.3 Å². The highest BCUT2D eigenvalue weighted by Crippen LogP contribution is 2.56. The van der Waals surface area contributed by atoms with E-state index < -0.39 is 48.3 Å². The van der Waals surface area contributed by atoms with Crippen molar-refractivity contribution in [3.63, 3.8) is 0 Å². The molecule has 130 valence electrons. The van der Waals surface area contributed by atoms with E-state index in [2.05, 4.69) is 0 Å². The molecule has 0 rings (SSSR count). The predicted octanol–water partition coefficient (Wildman–Crippen LogP) is 4.90. The number of aliphatic hydroxyl groups excluding tert-OH is 1. The Balaban J connectivity index is 5.69. The van der Waals surface area contributed by atoms with Crippen LogP contribution in [0, 0.1) is 11.3 Å². The lowest BCUT2D eigenvalue weighted by molar-refractivity contribution is -0.334. The normalized spacial score (nSPS) is 15.8. The number of aliphatic hydroxyl groups is 1. The molecule has 9 heteroatoms. The smallest absolute Gasteiger partial charge is 0.410 e. The van der Waals surface area contributed by atoms with Gasteiger partial charge in [-0.1, -0.05) is 13.8 Å². The van der Waals surface area contributed by atoms with Crippen molar-refractivity contribution in [2.75, 3.05) is 6.67 Å². The molecule has 0 fully saturated rings. The summed E-state index contributed by atoms with van der Waals surface area (Å²) in [5.74, 6) is -4.20. The Morgan fingerprint density at radius 3 is 1.91 bits per heavy atom. The quantitative estimate of drug-likeness (QED) is 0.407. The molecule has 1 N–H and O–H groups in total. The van der Waals surface area contributed by atoms with Crippen LogP contribution < -0.4 is 0 Å². The fourth-order valence-electron chi connectivity index (χ4n) is 1.96. The summed E-state index contributed by atoms with van der Waals surface area (Å²) in [7, 11) is 0. The van der Waals surface area contributed by atoms with E-state index in [4.69, 9.17) is 0 Å². The molecule has 0 saturated carbocycles. The zero-order chi connectivity index (χ0) is 17.8. The molecule has 0 aromatic heterocycles. The first-order valence-electron chi connectivity index (χ1n) is 6.49. The number of rotatable bonds is 7. The molecule has 0 amide bonds. The van der Waals surface area contributed by atoms with Gasteiger partial charge in [0.1, 0.15) is 5.76 Å². The highest BCUT2D eigenvalue weighted by atomic mass is 19.4. The van der Waals surface area contributed by atoms with Crippen LogP contribution in [0.3, 0.4) is 0 Å². The van der Waals surface area contributed by atoms with Gasteiger partial charge in [0.05, 0.1) is 6.67 Å². The van der Waals surface area contributed by atoms with Crippen molar-refractivity contribution >= 4 is 5.78 Å². The highest BCUT2D eigenvalue weighted by Gasteiger charge is 2.72. The van der Waals surface area contributed by atoms with E-state index in [0.29, 0.717) is 6.92 Å². The van der Waals surface area contributed by atoms with Crippen LogP contribution in [0.5, 0.6) is 0 Å². The number of alkyl halides is 7. The second kappa shape index (κ2) is 7.32. The summed E-state index contributed by atoms with van der Waals surface area (Å²) in [6.45, 7) is 1.08. The van der Waals surface area contributed by atoms with Gasteiger partial charge in [0, 0.05) is 12.0 Å². The number of carbonyl (C=O) groups excluding carboxylic acids is 1. The van der Waals surface area contributed by atoms with Gasteiger partial charge < -0.3 is 5.11 Å². The van der Waals surface area contributed by atoms with Crippen LogP contribution in [0.2, 0.25) is 0 Å². The zero-order valence-corrected chi connectivity index (χ0v) is 12.0. The minimum Gasteiger partial charge on any atom is -0.511 e. The lowest BCUT2D eigenvalue weighted by Gasteiger charge is -2.35. The fourth-order valence-corrected chi connectivity index (χ4v) is 1.96. The summed E-state index contributed by atoms with van der Waals surface area (Å²) < 4.78 is 89.3. The minimum absolute atomic E-state index is 0.0454. The van der Waals surface area contributed by atoms with Gasteiger partial charge in [0.25, 0.3) is 0 Å². The van der Waals surface area contributed by atoms with Crippen molar-refractivity contribution < 1.29 is 40.6 Å². The van der Waals surface area contributed by atoms with Gasteiger partial charge in [-0.05, 0) is 19.3 Å². The average Bonchev–Trinajstić information content (AvgIpc) is 2.33. The molecule has 0 aliphatic heterocycles. The van der Waals surface area contributed by atoms with E-state index in [0.717, 1.165) is 0 Å². The summed E-state index contributed by atoms with van der Waals surface area (Å²) in [6, 6.07) is 0. The van der Waals surface area contributed by atoms with E-state index in [-0.39, 0.29) is 18.9 Å². The third-order valence-electron chi connectivity index (χ3n) is 3.47. The number of allylic oxidation sites excluding steroid dienone is 2. The summed E-state index contributed by atoms with van der Waals surface area (Å²) in [5, 5.41) is 9.40. The van der Waals surface area contributed by atoms with Crippen LogP contribution in [-0.4, -0.2) is 29.9 Å². The second-order valence-electron chi connectivity index (χ2n) is 4.92. The molecule has 0 spiro atoms. The molecule has 1 unspecified atom stereocenters. The number of hydrogen-bond donors (Lipinski definition) is 1. The van der Waals surface area contributed by atoms with Gasteiger partial charge in [-0.25, -0.2) is 0 Å². The van der Waals surface area contributed by atoms with Crippen LogP contribution in [0.1, 0.15) is 33.1 Å². The fraction of sp³-hybridized carbons (Fsp3) is 0.769. The van der Waals surface area contributed by atoms with Crippen LogP contribution in [0.15, 0.2) is 11.8 Å². The van der Waals surface area contributed by atoms with Crippen molar-refractivity contribution in [2.45, 2.75) is 45.5 Å². The molecule has 0 saturated heterocycles. The van der Waals surface area contributed by atoms with Gasteiger partial charge in [0.15, 0.2) is 5.78 Å².